The topological polar surface area (TPSA) is 109 Å². The summed E-state index contributed by atoms with van der Waals surface area (Å²) in [5.74, 6) is 0.562. The molecule has 124 valence electrons. The van der Waals surface area contributed by atoms with Gasteiger partial charge in [-0.1, -0.05) is 5.16 Å². The molecule has 0 aromatic carbocycles. The fourth-order valence-electron chi connectivity index (χ4n) is 2.87. The molecule has 23 heavy (non-hydrogen) atoms. The molecule has 8 nitrogen and oxygen atoms in total. The summed E-state index contributed by atoms with van der Waals surface area (Å²) in [7, 11) is -3.17. The molecule has 1 saturated heterocycles. The Morgan fingerprint density at radius 2 is 2.00 bits per heavy atom. The van der Waals surface area contributed by atoms with Crippen molar-refractivity contribution in [2.75, 3.05) is 19.3 Å². The molecule has 0 spiro atoms. The van der Waals surface area contributed by atoms with Gasteiger partial charge >= 0.3 is 0 Å². The number of piperidine rings is 1. The molecule has 2 aromatic heterocycles. The average molecular weight is 338 g/mol. The van der Waals surface area contributed by atoms with Crippen molar-refractivity contribution < 1.29 is 12.9 Å². The third-order valence-corrected chi connectivity index (χ3v) is 5.34. The van der Waals surface area contributed by atoms with Crippen LogP contribution < -0.4 is 5.56 Å². The molecule has 3 rings (SSSR count). The fraction of sp³-hybridized carbons (Fsp3) is 0.500. The Bertz CT molecular complexity index is 863. The first-order chi connectivity index (χ1) is 10.8. The molecule has 0 radical (unpaired) electrons. The molecule has 0 aliphatic carbocycles. The van der Waals surface area contributed by atoms with E-state index in [4.69, 9.17) is 4.52 Å². The van der Waals surface area contributed by atoms with Gasteiger partial charge in [-0.3, -0.25) is 4.79 Å². The Kier molecular flexibility index (Phi) is 4.07. The van der Waals surface area contributed by atoms with Crippen molar-refractivity contribution >= 4 is 10.0 Å². The van der Waals surface area contributed by atoms with Crippen LogP contribution in [0.4, 0.5) is 0 Å². The molecule has 1 aliphatic rings. The van der Waals surface area contributed by atoms with Crippen LogP contribution in [0.1, 0.15) is 30.1 Å². The third kappa shape index (κ3) is 3.35. The molecular weight excluding hydrogens is 320 g/mol. The Hall–Kier alpha value is -2.00. The first kappa shape index (κ1) is 15.9. The zero-order chi connectivity index (χ0) is 16.6. The summed E-state index contributed by atoms with van der Waals surface area (Å²) in [4.78, 5) is 11.6. The summed E-state index contributed by atoms with van der Waals surface area (Å²) < 4.78 is 29.9. The molecule has 0 amide bonds. The summed E-state index contributed by atoms with van der Waals surface area (Å²) >= 11 is 0. The molecule has 1 aliphatic heterocycles. The average Bonchev–Trinajstić information content (AvgIpc) is 2.93. The van der Waals surface area contributed by atoms with E-state index in [1.807, 2.05) is 0 Å². The lowest BCUT2D eigenvalue weighted by atomic mass is 9.91. The highest BCUT2D eigenvalue weighted by molar-refractivity contribution is 7.88. The van der Waals surface area contributed by atoms with Crippen molar-refractivity contribution in [3.8, 4) is 11.3 Å². The zero-order valence-corrected chi connectivity index (χ0v) is 13.8. The minimum atomic E-state index is -3.17. The Morgan fingerprint density at radius 3 is 2.57 bits per heavy atom. The first-order valence-electron chi connectivity index (χ1n) is 7.33. The van der Waals surface area contributed by atoms with Crippen LogP contribution in [0.25, 0.3) is 11.3 Å². The van der Waals surface area contributed by atoms with Crippen LogP contribution in [-0.4, -0.2) is 47.4 Å². The second kappa shape index (κ2) is 5.89. The number of aryl methyl sites for hydroxylation is 1. The van der Waals surface area contributed by atoms with Gasteiger partial charge in [0.2, 0.25) is 10.0 Å². The molecule has 0 bridgehead atoms. The second-order valence-electron chi connectivity index (χ2n) is 5.80. The van der Waals surface area contributed by atoms with Crippen molar-refractivity contribution in [3.63, 3.8) is 0 Å². The summed E-state index contributed by atoms with van der Waals surface area (Å²) in [6.07, 6.45) is 2.51. The van der Waals surface area contributed by atoms with Gasteiger partial charge in [-0.05, 0) is 19.8 Å². The highest BCUT2D eigenvalue weighted by Crippen LogP contribution is 2.33. The van der Waals surface area contributed by atoms with Crippen LogP contribution >= 0.6 is 0 Å². The number of rotatable bonds is 3. The van der Waals surface area contributed by atoms with Gasteiger partial charge in [-0.15, -0.1) is 0 Å². The second-order valence-corrected chi connectivity index (χ2v) is 7.78. The maximum Gasteiger partial charge on any atom is 0.264 e. The van der Waals surface area contributed by atoms with Crippen LogP contribution in [0.15, 0.2) is 21.5 Å². The van der Waals surface area contributed by atoms with E-state index in [1.54, 1.807) is 13.0 Å². The van der Waals surface area contributed by atoms with Crippen molar-refractivity contribution in [3.05, 3.63) is 33.9 Å². The maximum atomic E-state index is 11.6. The smallest absolute Gasteiger partial charge is 0.264 e. The lowest BCUT2D eigenvalue weighted by Gasteiger charge is -2.30. The minimum Gasteiger partial charge on any atom is -0.356 e. The summed E-state index contributed by atoms with van der Waals surface area (Å²) in [5.41, 5.74) is 1.74. The Labute approximate surface area is 133 Å². The van der Waals surface area contributed by atoms with Gasteiger partial charge in [0.05, 0.1) is 17.6 Å². The summed E-state index contributed by atoms with van der Waals surface area (Å²) in [6.45, 7) is 2.69. The quantitative estimate of drug-likeness (QED) is 0.889. The van der Waals surface area contributed by atoms with E-state index in [1.165, 1.54) is 16.6 Å². The van der Waals surface area contributed by atoms with Gasteiger partial charge < -0.3 is 4.52 Å². The molecule has 3 heterocycles. The number of sulfonamides is 1. The van der Waals surface area contributed by atoms with E-state index in [0.717, 1.165) is 5.69 Å². The van der Waals surface area contributed by atoms with Crippen molar-refractivity contribution in [1.82, 2.24) is 19.7 Å². The number of hydrogen-bond acceptors (Lipinski definition) is 6. The van der Waals surface area contributed by atoms with Crippen LogP contribution in [0.5, 0.6) is 0 Å². The molecule has 0 atom stereocenters. The molecule has 9 heteroatoms. The fourth-order valence-corrected chi connectivity index (χ4v) is 3.75. The van der Waals surface area contributed by atoms with Crippen LogP contribution in [0.2, 0.25) is 0 Å². The molecule has 1 fully saturated rings. The van der Waals surface area contributed by atoms with Gasteiger partial charge in [-0.2, -0.15) is 5.10 Å². The number of aromatic nitrogens is 3. The third-order valence-electron chi connectivity index (χ3n) is 4.04. The predicted molar refractivity (Wildman–Crippen MR) is 83.5 cm³/mol. The Morgan fingerprint density at radius 1 is 1.30 bits per heavy atom. The van der Waals surface area contributed by atoms with E-state index in [2.05, 4.69) is 15.4 Å². The standard InChI is InChI=1S/C14H18N4O4S/c1-9-7-12(22-17-9)11-8-13(19)15-16-14(11)10-3-5-18(6-4-10)23(2,20)21/h7-8,10H,3-6H2,1-2H3,(H,15,19). The molecule has 1 N–H and O–H groups in total. The largest absolute Gasteiger partial charge is 0.356 e. The van der Waals surface area contributed by atoms with E-state index in [0.29, 0.717) is 42.9 Å². The van der Waals surface area contributed by atoms with E-state index < -0.39 is 10.0 Å². The Balaban J connectivity index is 1.91. The van der Waals surface area contributed by atoms with E-state index in [-0.39, 0.29) is 11.5 Å². The van der Waals surface area contributed by atoms with Gasteiger partial charge in [-0.25, -0.2) is 17.8 Å². The monoisotopic (exact) mass is 338 g/mol. The number of nitrogens with one attached hydrogen (secondary N) is 1. The van der Waals surface area contributed by atoms with Gasteiger partial charge in [0.15, 0.2) is 5.76 Å². The van der Waals surface area contributed by atoms with Gasteiger partial charge in [0, 0.05) is 36.7 Å². The minimum absolute atomic E-state index is 0.0604. The van der Waals surface area contributed by atoms with Gasteiger partial charge in [0.1, 0.15) is 0 Å². The maximum absolute atomic E-state index is 11.6. The predicted octanol–water partition coefficient (Wildman–Crippen LogP) is 0.872. The normalized spacial score (nSPS) is 17.5. The number of nitrogens with zero attached hydrogens (tertiary/aromatic N) is 3. The number of H-pyrrole nitrogens is 1. The van der Waals surface area contributed by atoms with Crippen LogP contribution in [0, 0.1) is 6.92 Å². The molecular formula is C14H18N4O4S. The van der Waals surface area contributed by atoms with Crippen molar-refractivity contribution in [2.45, 2.75) is 25.7 Å². The SMILES string of the molecule is Cc1cc(-c2cc(=O)[nH]nc2C2CCN(S(C)(=O)=O)CC2)on1. The lowest BCUT2D eigenvalue weighted by Crippen LogP contribution is -2.37. The number of aromatic amines is 1. The van der Waals surface area contributed by atoms with E-state index in [9.17, 15) is 13.2 Å². The summed E-state index contributed by atoms with van der Waals surface area (Å²) in [5, 5.41) is 10.5. The number of hydrogen-bond donors (Lipinski definition) is 1. The van der Waals surface area contributed by atoms with E-state index >= 15 is 0 Å². The molecule has 0 saturated carbocycles. The van der Waals surface area contributed by atoms with Crippen molar-refractivity contribution in [1.29, 1.82) is 0 Å². The highest BCUT2D eigenvalue weighted by atomic mass is 32.2. The molecule has 0 unspecified atom stereocenters. The van der Waals surface area contributed by atoms with Crippen LogP contribution in [0.3, 0.4) is 0 Å². The van der Waals surface area contributed by atoms with Gasteiger partial charge in [0.25, 0.3) is 5.56 Å². The zero-order valence-electron chi connectivity index (χ0n) is 12.9. The molecule has 2 aromatic rings. The lowest BCUT2D eigenvalue weighted by molar-refractivity contribution is 0.317. The highest BCUT2D eigenvalue weighted by Gasteiger charge is 2.29. The first-order valence-corrected chi connectivity index (χ1v) is 9.18. The van der Waals surface area contributed by atoms with Crippen molar-refractivity contribution in [2.24, 2.45) is 0 Å². The summed E-state index contributed by atoms with van der Waals surface area (Å²) in [6, 6.07) is 3.21. The van der Waals surface area contributed by atoms with Crippen LogP contribution in [-0.2, 0) is 10.0 Å².